The number of carbonyl (C=O) groups excluding carboxylic acids is 3. The van der Waals surface area contributed by atoms with Crippen LogP contribution in [0.4, 0.5) is 5.82 Å². The van der Waals surface area contributed by atoms with Gasteiger partial charge in [0.15, 0.2) is 3.79 Å². The topological polar surface area (TPSA) is 102 Å². The van der Waals surface area contributed by atoms with E-state index >= 15 is 0 Å². The molecule has 1 rings (SSSR count). The molecule has 7 heteroatoms. The predicted octanol–water partition coefficient (Wildman–Crippen LogP) is 0.861. The molecule has 0 fully saturated rings. The fourth-order valence-electron chi connectivity index (χ4n) is 1.11. The number of anilines is 1. The van der Waals surface area contributed by atoms with Gasteiger partial charge in [0.25, 0.3) is 5.91 Å². The van der Waals surface area contributed by atoms with Gasteiger partial charge in [-0.1, -0.05) is 0 Å². The summed E-state index contributed by atoms with van der Waals surface area (Å²) in [5.41, 5.74) is 5.27. The third-order valence-corrected chi connectivity index (χ3v) is 2.42. The molecule has 1 aromatic rings. The average Bonchev–Trinajstić information content (AvgIpc) is 2.27. The Labute approximate surface area is 111 Å². The molecule has 0 radical (unpaired) electrons. The number of aromatic nitrogens is 1. The molecular weight excluding hydrogens is 337 g/mol. The van der Waals surface area contributed by atoms with Crippen LogP contribution >= 0.6 is 22.6 Å². The van der Waals surface area contributed by atoms with Crippen LogP contribution in [0.5, 0.6) is 0 Å². The Balaban J connectivity index is 2.71. The first-order valence-corrected chi connectivity index (χ1v) is 5.81. The second-order valence-corrected chi connectivity index (χ2v) is 4.37. The number of nitrogens with one attached hydrogen (secondary N) is 1. The van der Waals surface area contributed by atoms with Crippen LogP contribution in [0.1, 0.15) is 23.2 Å². The van der Waals surface area contributed by atoms with Gasteiger partial charge in [0.2, 0.25) is 5.91 Å². The van der Waals surface area contributed by atoms with E-state index in [9.17, 15) is 14.4 Å². The monoisotopic (exact) mass is 347 g/mol. The van der Waals surface area contributed by atoms with Gasteiger partial charge in [0, 0.05) is 19.0 Å². The van der Waals surface area contributed by atoms with Crippen LogP contribution in [0.15, 0.2) is 18.3 Å². The Morgan fingerprint density at radius 1 is 1.35 bits per heavy atom. The minimum Gasteiger partial charge on any atom is -0.365 e. The lowest BCUT2D eigenvalue weighted by Gasteiger charge is -2.06. The molecule has 6 nitrogen and oxygen atoms in total. The van der Waals surface area contributed by atoms with Crippen LogP contribution < -0.4 is 11.1 Å². The van der Waals surface area contributed by atoms with E-state index in [0.717, 1.165) is 0 Å². The quantitative estimate of drug-likeness (QED) is 0.609. The average molecular weight is 347 g/mol. The van der Waals surface area contributed by atoms with Gasteiger partial charge in [-0.2, -0.15) is 0 Å². The minimum atomic E-state index is -0.668. The van der Waals surface area contributed by atoms with Gasteiger partial charge in [-0.25, -0.2) is 4.98 Å². The van der Waals surface area contributed by atoms with Gasteiger partial charge in [-0.05, 0) is 34.7 Å². The van der Waals surface area contributed by atoms with Crippen molar-refractivity contribution in [1.82, 2.24) is 4.98 Å². The molecule has 0 aromatic carbocycles. The third-order valence-electron chi connectivity index (χ3n) is 1.88. The standard InChI is InChI=1S/C10H10IN3O3/c11-7(15)3-4-8(16)14-10-6(9(12)17)2-1-5-13-10/h1-2,5H,3-4H2,(H2,12,17)(H,13,14,16). The van der Waals surface area contributed by atoms with Crippen LogP contribution in [-0.4, -0.2) is 20.6 Å². The molecule has 17 heavy (non-hydrogen) atoms. The van der Waals surface area contributed by atoms with E-state index in [1.807, 2.05) is 0 Å². The summed E-state index contributed by atoms with van der Waals surface area (Å²) < 4.78 is -0.103. The Hall–Kier alpha value is -1.51. The summed E-state index contributed by atoms with van der Waals surface area (Å²) >= 11 is 1.62. The number of nitrogens with zero attached hydrogens (tertiary/aromatic N) is 1. The van der Waals surface area contributed by atoms with Crippen molar-refractivity contribution in [3.05, 3.63) is 23.9 Å². The van der Waals surface area contributed by atoms with Crippen LogP contribution in [0, 0.1) is 0 Å². The normalized spacial score (nSPS) is 9.71. The molecule has 0 atom stereocenters. The summed E-state index contributed by atoms with van der Waals surface area (Å²) in [6.07, 6.45) is 1.63. The maximum atomic E-state index is 11.4. The highest BCUT2D eigenvalue weighted by molar-refractivity contribution is 14.1. The second kappa shape index (κ2) is 6.28. The molecule has 0 bridgehead atoms. The number of carbonyl (C=O) groups is 3. The van der Waals surface area contributed by atoms with Crippen molar-refractivity contribution in [3.8, 4) is 0 Å². The number of rotatable bonds is 5. The van der Waals surface area contributed by atoms with Crippen molar-refractivity contribution in [1.29, 1.82) is 0 Å². The van der Waals surface area contributed by atoms with Gasteiger partial charge in [0.1, 0.15) is 5.82 Å². The van der Waals surface area contributed by atoms with Gasteiger partial charge < -0.3 is 11.1 Å². The highest BCUT2D eigenvalue weighted by atomic mass is 127. The van der Waals surface area contributed by atoms with Gasteiger partial charge in [-0.3, -0.25) is 14.4 Å². The van der Waals surface area contributed by atoms with Crippen molar-refractivity contribution < 1.29 is 14.4 Å². The van der Waals surface area contributed by atoms with Crippen LogP contribution in [0.2, 0.25) is 0 Å². The fourth-order valence-corrected chi connectivity index (χ4v) is 1.38. The fraction of sp³-hybridized carbons (Fsp3) is 0.200. The van der Waals surface area contributed by atoms with E-state index in [-0.39, 0.29) is 33.9 Å². The van der Waals surface area contributed by atoms with Crippen molar-refractivity contribution in [2.24, 2.45) is 5.73 Å². The van der Waals surface area contributed by atoms with E-state index in [4.69, 9.17) is 5.73 Å². The highest BCUT2D eigenvalue weighted by Gasteiger charge is 2.12. The molecule has 0 aliphatic carbocycles. The number of halogens is 1. The van der Waals surface area contributed by atoms with Gasteiger partial charge in [0.05, 0.1) is 5.56 Å². The summed E-state index contributed by atoms with van der Waals surface area (Å²) in [4.78, 5) is 37.0. The van der Waals surface area contributed by atoms with E-state index in [0.29, 0.717) is 0 Å². The Kier molecular flexibility index (Phi) is 5.01. The Morgan fingerprint density at radius 2 is 2.06 bits per heavy atom. The van der Waals surface area contributed by atoms with Crippen molar-refractivity contribution in [2.75, 3.05) is 5.32 Å². The summed E-state index contributed by atoms with van der Waals surface area (Å²) in [7, 11) is 0. The molecule has 1 heterocycles. The van der Waals surface area contributed by atoms with Gasteiger partial charge >= 0.3 is 0 Å². The molecule has 2 amide bonds. The Bertz CT molecular complexity index is 462. The second-order valence-electron chi connectivity index (χ2n) is 3.17. The molecule has 90 valence electrons. The summed E-state index contributed by atoms with van der Waals surface area (Å²) in [6, 6.07) is 3.01. The van der Waals surface area contributed by atoms with Crippen LogP contribution in [0.25, 0.3) is 0 Å². The zero-order valence-corrected chi connectivity index (χ0v) is 10.9. The number of nitrogens with two attached hydrogens (primary N) is 1. The van der Waals surface area contributed by atoms with Crippen LogP contribution in [-0.2, 0) is 9.59 Å². The predicted molar refractivity (Wildman–Crippen MR) is 69.6 cm³/mol. The molecule has 0 saturated heterocycles. The number of primary amides is 1. The minimum absolute atomic E-state index is 0.0521. The van der Waals surface area contributed by atoms with Crippen LogP contribution in [0.3, 0.4) is 0 Å². The molecule has 1 aromatic heterocycles. The summed E-state index contributed by atoms with van der Waals surface area (Å²) in [5, 5.41) is 2.44. The maximum Gasteiger partial charge on any atom is 0.252 e. The maximum absolute atomic E-state index is 11.4. The zero-order valence-electron chi connectivity index (χ0n) is 8.77. The lowest BCUT2D eigenvalue weighted by molar-refractivity contribution is -0.118. The largest absolute Gasteiger partial charge is 0.365 e. The molecule has 0 aliphatic heterocycles. The molecule has 0 spiro atoms. The van der Waals surface area contributed by atoms with Crippen molar-refractivity contribution >= 4 is 44.0 Å². The van der Waals surface area contributed by atoms with E-state index in [1.165, 1.54) is 12.3 Å². The smallest absolute Gasteiger partial charge is 0.252 e. The Morgan fingerprint density at radius 3 is 2.65 bits per heavy atom. The number of pyridine rings is 1. The zero-order chi connectivity index (χ0) is 12.8. The van der Waals surface area contributed by atoms with E-state index < -0.39 is 5.91 Å². The lowest BCUT2D eigenvalue weighted by Crippen LogP contribution is -2.19. The molecule has 0 aliphatic rings. The molecule has 0 unspecified atom stereocenters. The number of hydrogen-bond acceptors (Lipinski definition) is 4. The van der Waals surface area contributed by atoms with Crippen molar-refractivity contribution in [2.45, 2.75) is 12.8 Å². The van der Waals surface area contributed by atoms with E-state index in [2.05, 4.69) is 10.3 Å². The lowest BCUT2D eigenvalue weighted by atomic mass is 10.2. The molecular formula is C10H10IN3O3. The van der Waals surface area contributed by atoms with Crippen molar-refractivity contribution in [3.63, 3.8) is 0 Å². The van der Waals surface area contributed by atoms with Gasteiger partial charge in [-0.15, -0.1) is 0 Å². The SMILES string of the molecule is NC(=O)c1cccnc1NC(=O)CCC(=O)I. The number of hydrogen-bond donors (Lipinski definition) is 2. The highest BCUT2D eigenvalue weighted by Crippen LogP contribution is 2.11. The first kappa shape index (κ1) is 13.6. The number of amides is 2. The summed E-state index contributed by atoms with van der Waals surface area (Å²) in [5.74, 6) is -0.930. The molecule has 3 N–H and O–H groups in total. The van der Waals surface area contributed by atoms with E-state index in [1.54, 1.807) is 28.7 Å². The first-order valence-electron chi connectivity index (χ1n) is 4.73. The first-order chi connectivity index (χ1) is 8.00. The third kappa shape index (κ3) is 4.47. The molecule has 0 saturated carbocycles. The summed E-state index contributed by atoms with van der Waals surface area (Å²) in [6.45, 7) is 0.